The van der Waals surface area contributed by atoms with Gasteiger partial charge < -0.3 is 15.1 Å². The first-order valence-corrected chi connectivity index (χ1v) is 7.84. The summed E-state index contributed by atoms with van der Waals surface area (Å²) in [5.74, 6) is 0.458. The molecule has 1 heterocycles. The van der Waals surface area contributed by atoms with Crippen LogP contribution < -0.4 is 10.5 Å². The van der Waals surface area contributed by atoms with Crippen molar-refractivity contribution in [3.63, 3.8) is 0 Å². The van der Waals surface area contributed by atoms with Crippen LogP contribution in [-0.2, 0) is 16.6 Å². The Bertz CT molecular complexity index is 482. The van der Waals surface area contributed by atoms with Crippen LogP contribution in [0.5, 0.6) is 0 Å². The molecule has 1 rings (SSSR count). The van der Waals surface area contributed by atoms with Crippen molar-refractivity contribution in [3.05, 3.63) is 17.9 Å². The summed E-state index contributed by atoms with van der Waals surface area (Å²) in [6.45, 7) is 5.61. The molecule has 110 valence electrons. The highest BCUT2D eigenvalue weighted by Crippen LogP contribution is 2.13. The summed E-state index contributed by atoms with van der Waals surface area (Å²) >= 11 is 0. The van der Waals surface area contributed by atoms with Gasteiger partial charge >= 0.3 is 0 Å². The Kier molecular flexibility index (Phi) is 5.99. The maximum atomic E-state index is 11.9. The van der Waals surface area contributed by atoms with E-state index in [2.05, 4.69) is 23.5 Å². The summed E-state index contributed by atoms with van der Waals surface area (Å²) in [5, 5.41) is -0.0786. The first kappa shape index (κ1) is 16.2. The van der Waals surface area contributed by atoms with Crippen LogP contribution in [0.1, 0.15) is 26.0 Å². The highest BCUT2D eigenvalue weighted by atomic mass is 32.2. The first-order chi connectivity index (χ1) is 8.86. The molecule has 0 aliphatic carbocycles. The zero-order valence-corrected chi connectivity index (χ0v) is 12.5. The number of nitrogens with two attached hydrogens (primary N) is 1. The van der Waals surface area contributed by atoms with Gasteiger partial charge in [0.15, 0.2) is 0 Å². The number of hydrogen-bond acceptors (Lipinski definition) is 5. The molecular weight excluding hydrogens is 266 g/mol. The van der Waals surface area contributed by atoms with Crippen LogP contribution in [0.3, 0.4) is 0 Å². The van der Waals surface area contributed by atoms with E-state index < -0.39 is 10.0 Å². The molecule has 7 heteroatoms. The molecule has 0 spiro atoms. The molecule has 0 atom stereocenters. The topological polar surface area (TPSA) is 88.6 Å². The van der Waals surface area contributed by atoms with Gasteiger partial charge in [-0.1, -0.05) is 0 Å². The van der Waals surface area contributed by atoms with E-state index in [0.717, 1.165) is 13.0 Å². The van der Waals surface area contributed by atoms with E-state index in [9.17, 15) is 8.42 Å². The van der Waals surface area contributed by atoms with Gasteiger partial charge in [-0.25, -0.2) is 13.1 Å². The highest BCUT2D eigenvalue weighted by Gasteiger charge is 2.17. The molecular formula is C12H23N3O3S. The minimum absolute atomic E-state index is 0.0786. The minimum Gasteiger partial charge on any atom is -0.447 e. The fraction of sp³-hybridized carbons (Fsp3) is 0.667. The second-order valence-corrected chi connectivity index (χ2v) is 6.45. The van der Waals surface area contributed by atoms with Gasteiger partial charge in [-0.05, 0) is 46.0 Å². The Labute approximate surface area is 115 Å². The van der Waals surface area contributed by atoms with Crippen molar-refractivity contribution in [2.24, 2.45) is 5.73 Å². The largest absolute Gasteiger partial charge is 0.447 e. The smallest absolute Gasteiger partial charge is 0.273 e. The molecule has 3 N–H and O–H groups in total. The maximum absolute atomic E-state index is 11.9. The molecule has 0 aliphatic heterocycles. The molecule has 0 unspecified atom stereocenters. The molecule has 19 heavy (non-hydrogen) atoms. The molecule has 1 aromatic rings. The molecule has 0 radical (unpaired) electrons. The number of rotatable bonds is 8. The number of hydrogen-bond donors (Lipinski definition) is 2. The van der Waals surface area contributed by atoms with Crippen LogP contribution in [0.15, 0.2) is 21.6 Å². The summed E-state index contributed by atoms with van der Waals surface area (Å²) in [6.07, 6.45) is 0.748. The zero-order valence-electron chi connectivity index (χ0n) is 11.7. The predicted octanol–water partition coefficient (Wildman–Crippen LogP) is 0.747. The maximum Gasteiger partial charge on any atom is 0.273 e. The van der Waals surface area contributed by atoms with Crippen molar-refractivity contribution < 1.29 is 12.8 Å². The molecule has 6 nitrogen and oxygen atoms in total. The van der Waals surface area contributed by atoms with Gasteiger partial charge in [0.2, 0.25) is 5.09 Å². The highest BCUT2D eigenvalue weighted by molar-refractivity contribution is 7.89. The van der Waals surface area contributed by atoms with Gasteiger partial charge in [-0.3, -0.25) is 0 Å². The number of nitrogens with one attached hydrogen (secondary N) is 1. The summed E-state index contributed by atoms with van der Waals surface area (Å²) in [7, 11) is -1.55. The summed E-state index contributed by atoms with van der Waals surface area (Å²) < 4.78 is 31.4. The second-order valence-electron chi connectivity index (χ2n) is 4.75. The molecule has 1 aromatic heterocycles. The van der Waals surface area contributed by atoms with Crippen molar-refractivity contribution in [2.45, 2.75) is 37.9 Å². The Morgan fingerprint density at radius 1 is 1.42 bits per heavy atom. The van der Waals surface area contributed by atoms with Crippen LogP contribution in [0, 0.1) is 0 Å². The van der Waals surface area contributed by atoms with Gasteiger partial charge in [0, 0.05) is 12.6 Å². The first-order valence-electron chi connectivity index (χ1n) is 6.35. The third-order valence-electron chi connectivity index (χ3n) is 2.96. The van der Waals surface area contributed by atoms with Crippen molar-refractivity contribution in [3.8, 4) is 0 Å². The SMILES string of the molecule is CC(C)N(C)CCCNS(=O)(=O)c1ccc(CN)o1. The predicted molar refractivity (Wildman–Crippen MR) is 74.2 cm³/mol. The third kappa shape index (κ3) is 4.94. The molecule has 0 aliphatic rings. The van der Waals surface area contributed by atoms with E-state index in [4.69, 9.17) is 10.2 Å². The number of furan rings is 1. The van der Waals surface area contributed by atoms with E-state index in [-0.39, 0.29) is 11.6 Å². The average Bonchev–Trinajstić information content (AvgIpc) is 2.83. The fourth-order valence-electron chi connectivity index (χ4n) is 1.48. The van der Waals surface area contributed by atoms with E-state index in [0.29, 0.717) is 18.3 Å². The number of sulfonamides is 1. The van der Waals surface area contributed by atoms with Gasteiger partial charge in [0.1, 0.15) is 5.76 Å². The monoisotopic (exact) mass is 289 g/mol. The molecule has 0 amide bonds. The van der Waals surface area contributed by atoms with Gasteiger partial charge in [0.05, 0.1) is 6.54 Å². The van der Waals surface area contributed by atoms with Crippen LogP contribution >= 0.6 is 0 Å². The van der Waals surface area contributed by atoms with Gasteiger partial charge in [-0.2, -0.15) is 0 Å². The molecule has 0 fully saturated rings. The third-order valence-corrected chi connectivity index (χ3v) is 4.30. The lowest BCUT2D eigenvalue weighted by Gasteiger charge is -2.20. The van der Waals surface area contributed by atoms with Gasteiger partial charge in [-0.15, -0.1) is 0 Å². The fourth-order valence-corrected chi connectivity index (χ4v) is 2.50. The van der Waals surface area contributed by atoms with Crippen molar-refractivity contribution >= 4 is 10.0 Å². The minimum atomic E-state index is -3.56. The van der Waals surface area contributed by atoms with E-state index in [1.165, 1.54) is 6.07 Å². The van der Waals surface area contributed by atoms with Crippen molar-refractivity contribution in [1.82, 2.24) is 9.62 Å². The van der Waals surface area contributed by atoms with Crippen LogP contribution in [0.2, 0.25) is 0 Å². The van der Waals surface area contributed by atoms with E-state index >= 15 is 0 Å². The van der Waals surface area contributed by atoms with Crippen LogP contribution in [0.4, 0.5) is 0 Å². The molecule has 0 saturated carbocycles. The second kappa shape index (κ2) is 7.04. The van der Waals surface area contributed by atoms with E-state index in [1.54, 1.807) is 6.07 Å². The summed E-state index contributed by atoms with van der Waals surface area (Å²) in [6, 6.07) is 3.44. The Morgan fingerprint density at radius 3 is 2.63 bits per heavy atom. The zero-order chi connectivity index (χ0) is 14.5. The van der Waals surface area contributed by atoms with Crippen LogP contribution in [-0.4, -0.2) is 39.5 Å². The lowest BCUT2D eigenvalue weighted by Crippen LogP contribution is -2.31. The Balaban J connectivity index is 2.43. The summed E-state index contributed by atoms with van der Waals surface area (Å²) in [4.78, 5) is 2.16. The Morgan fingerprint density at radius 2 is 2.11 bits per heavy atom. The lowest BCUT2D eigenvalue weighted by molar-refractivity contribution is 0.271. The number of nitrogens with zero attached hydrogens (tertiary/aromatic N) is 1. The normalized spacial score (nSPS) is 12.5. The molecule has 0 bridgehead atoms. The average molecular weight is 289 g/mol. The van der Waals surface area contributed by atoms with Crippen LogP contribution in [0.25, 0.3) is 0 Å². The van der Waals surface area contributed by atoms with Crippen molar-refractivity contribution in [1.29, 1.82) is 0 Å². The summed E-state index contributed by atoms with van der Waals surface area (Å²) in [5.41, 5.74) is 5.38. The van der Waals surface area contributed by atoms with Gasteiger partial charge in [0.25, 0.3) is 10.0 Å². The molecule has 0 saturated heterocycles. The standard InChI is InChI=1S/C12H23N3O3S/c1-10(2)15(3)8-4-7-14-19(16,17)12-6-5-11(9-13)18-12/h5-6,10,14H,4,7-9,13H2,1-3H3. The van der Waals surface area contributed by atoms with Crippen molar-refractivity contribution in [2.75, 3.05) is 20.1 Å². The van der Waals surface area contributed by atoms with E-state index in [1.807, 2.05) is 7.05 Å². The lowest BCUT2D eigenvalue weighted by atomic mass is 10.3. The quantitative estimate of drug-likeness (QED) is 0.689. The Hall–Kier alpha value is -0.890. The molecule has 0 aromatic carbocycles.